The van der Waals surface area contributed by atoms with Gasteiger partial charge in [0.15, 0.2) is 0 Å². The summed E-state index contributed by atoms with van der Waals surface area (Å²) < 4.78 is 10.8. The van der Waals surface area contributed by atoms with Crippen molar-refractivity contribution in [3.05, 3.63) is 89.7 Å². The number of aromatic nitrogens is 4. The van der Waals surface area contributed by atoms with Crippen LogP contribution in [-0.4, -0.2) is 40.3 Å². The third kappa shape index (κ3) is 4.92. The Bertz CT molecular complexity index is 1550. The van der Waals surface area contributed by atoms with Crippen LogP contribution >= 0.6 is 0 Å². The van der Waals surface area contributed by atoms with Crippen LogP contribution in [0.15, 0.2) is 73.1 Å². The van der Waals surface area contributed by atoms with Gasteiger partial charge in [-0.3, -0.25) is 9.89 Å². The maximum absolute atomic E-state index is 12.6. The standard InChI is InChI=1S/C28H26N6O3/c1-17-15-30-27(31-16-20-11-12-21(36-2)14-22(20)37-3)24-25(17)33-34-26(24)18-7-9-19(10-8-18)28(35)32-23-6-4-5-13-29-23/h4-15H,16H2,1-3H3,(H,30,31)(H,33,34)(H,29,32,35). The molecule has 0 aliphatic heterocycles. The van der Waals surface area contributed by atoms with Crippen molar-refractivity contribution in [1.29, 1.82) is 0 Å². The fourth-order valence-corrected chi connectivity index (χ4v) is 4.08. The van der Waals surface area contributed by atoms with Crippen LogP contribution in [0.5, 0.6) is 11.5 Å². The highest BCUT2D eigenvalue weighted by Crippen LogP contribution is 2.33. The molecule has 3 N–H and O–H groups in total. The average molecular weight is 495 g/mol. The van der Waals surface area contributed by atoms with Crippen molar-refractivity contribution >= 4 is 28.4 Å². The smallest absolute Gasteiger partial charge is 0.256 e. The fourth-order valence-electron chi connectivity index (χ4n) is 4.08. The number of fused-ring (bicyclic) bond motifs is 1. The van der Waals surface area contributed by atoms with E-state index in [2.05, 4.69) is 30.8 Å². The number of aryl methyl sites for hydroxylation is 1. The number of anilines is 2. The third-order valence-electron chi connectivity index (χ3n) is 6.05. The number of nitrogens with zero attached hydrogens (tertiary/aromatic N) is 3. The van der Waals surface area contributed by atoms with Crippen LogP contribution in [0.25, 0.3) is 22.2 Å². The number of rotatable bonds is 8. The van der Waals surface area contributed by atoms with Gasteiger partial charge in [-0.1, -0.05) is 18.2 Å². The Morgan fingerprint density at radius 3 is 2.57 bits per heavy atom. The zero-order valence-corrected chi connectivity index (χ0v) is 20.7. The maximum Gasteiger partial charge on any atom is 0.256 e. The van der Waals surface area contributed by atoms with Crippen LogP contribution in [0, 0.1) is 6.92 Å². The molecule has 0 aliphatic rings. The molecule has 186 valence electrons. The number of carbonyl (C=O) groups excluding carboxylic acids is 1. The molecule has 0 atom stereocenters. The van der Waals surface area contributed by atoms with Gasteiger partial charge in [0.25, 0.3) is 5.91 Å². The molecule has 0 saturated heterocycles. The van der Waals surface area contributed by atoms with Crippen molar-refractivity contribution in [2.75, 3.05) is 24.9 Å². The van der Waals surface area contributed by atoms with Gasteiger partial charge >= 0.3 is 0 Å². The first-order chi connectivity index (χ1) is 18.1. The molecule has 0 spiro atoms. The summed E-state index contributed by atoms with van der Waals surface area (Å²) >= 11 is 0. The summed E-state index contributed by atoms with van der Waals surface area (Å²) in [5, 5.41) is 14.8. The number of benzene rings is 2. The SMILES string of the molecule is COc1ccc(CNc2ncc(C)c3n[nH]c(-c4ccc(C(=O)Nc5ccccn5)cc4)c23)c(OC)c1. The van der Waals surface area contributed by atoms with Gasteiger partial charge in [0, 0.05) is 41.7 Å². The van der Waals surface area contributed by atoms with Crippen LogP contribution in [0.2, 0.25) is 0 Å². The molecular weight excluding hydrogens is 468 g/mol. The van der Waals surface area contributed by atoms with Crippen molar-refractivity contribution in [2.45, 2.75) is 13.5 Å². The molecule has 0 saturated carbocycles. The molecule has 9 heteroatoms. The van der Waals surface area contributed by atoms with E-state index in [4.69, 9.17) is 9.47 Å². The molecule has 0 bridgehead atoms. The van der Waals surface area contributed by atoms with Crippen LogP contribution < -0.4 is 20.1 Å². The highest BCUT2D eigenvalue weighted by Gasteiger charge is 2.17. The fraction of sp³-hybridized carbons (Fsp3) is 0.143. The number of amides is 1. The van der Waals surface area contributed by atoms with E-state index in [-0.39, 0.29) is 5.91 Å². The van der Waals surface area contributed by atoms with Gasteiger partial charge < -0.3 is 20.1 Å². The normalized spacial score (nSPS) is 10.8. The lowest BCUT2D eigenvalue weighted by molar-refractivity contribution is 0.102. The highest BCUT2D eigenvalue weighted by molar-refractivity contribution is 6.05. The second-order valence-electron chi connectivity index (χ2n) is 8.39. The number of hydrogen-bond acceptors (Lipinski definition) is 7. The van der Waals surface area contributed by atoms with E-state index >= 15 is 0 Å². The van der Waals surface area contributed by atoms with E-state index < -0.39 is 0 Å². The van der Waals surface area contributed by atoms with Crippen molar-refractivity contribution in [1.82, 2.24) is 20.2 Å². The van der Waals surface area contributed by atoms with E-state index in [0.717, 1.165) is 44.8 Å². The van der Waals surface area contributed by atoms with Gasteiger partial charge in [0.2, 0.25) is 0 Å². The lowest BCUT2D eigenvalue weighted by Crippen LogP contribution is -2.12. The molecule has 5 aromatic rings. The monoisotopic (exact) mass is 494 g/mol. The van der Waals surface area contributed by atoms with Crippen LogP contribution in [0.4, 0.5) is 11.6 Å². The van der Waals surface area contributed by atoms with Gasteiger partial charge in [0.1, 0.15) is 28.7 Å². The summed E-state index contributed by atoms with van der Waals surface area (Å²) in [7, 11) is 3.26. The summed E-state index contributed by atoms with van der Waals surface area (Å²) in [6.45, 7) is 2.47. The van der Waals surface area contributed by atoms with Gasteiger partial charge in [-0.2, -0.15) is 5.10 Å². The molecule has 0 unspecified atom stereocenters. The molecule has 9 nitrogen and oxygen atoms in total. The number of aromatic amines is 1. The third-order valence-corrected chi connectivity index (χ3v) is 6.05. The Labute approximate surface area is 213 Å². The Morgan fingerprint density at radius 2 is 1.84 bits per heavy atom. The van der Waals surface area contributed by atoms with Crippen LogP contribution in [-0.2, 0) is 6.54 Å². The number of pyridine rings is 2. The zero-order chi connectivity index (χ0) is 25.8. The first kappa shape index (κ1) is 23.8. The molecule has 37 heavy (non-hydrogen) atoms. The maximum atomic E-state index is 12.6. The number of methoxy groups -OCH3 is 2. The topological polar surface area (TPSA) is 114 Å². The van der Waals surface area contributed by atoms with Crippen molar-refractivity contribution in [3.8, 4) is 22.8 Å². The van der Waals surface area contributed by atoms with E-state index in [1.165, 1.54) is 0 Å². The first-order valence-electron chi connectivity index (χ1n) is 11.7. The lowest BCUT2D eigenvalue weighted by atomic mass is 10.0. The van der Waals surface area contributed by atoms with Gasteiger partial charge in [0.05, 0.1) is 25.3 Å². The Morgan fingerprint density at radius 1 is 1.00 bits per heavy atom. The van der Waals surface area contributed by atoms with Crippen molar-refractivity contribution in [3.63, 3.8) is 0 Å². The van der Waals surface area contributed by atoms with Crippen molar-refractivity contribution in [2.24, 2.45) is 0 Å². The summed E-state index contributed by atoms with van der Waals surface area (Å²) in [6, 6.07) is 18.4. The Hall–Kier alpha value is -4.92. The minimum Gasteiger partial charge on any atom is -0.497 e. The number of hydrogen-bond donors (Lipinski definition) is 3. The second kappa shape index (κ2) is 10.4. The minimum absolute atomic E-state index is 0.229. The summed E-state index contributed by atoms with van der Waals surface area (Å²) in [5.74, 6) is 2.42. The Kier molecular flexibility index (Phi) is 6.67. The van der Waals surface area contributed by atoms with E-state index in [1.54, 1.807) is 50.9 Å². The van der Waals surface area contributed by atoms with Gasteiger partial charge in [-0.25, -0.2) is 9.97 Å². The number of H-pyrrole nitrogens is 1. The van der Waals surface area contributed by atoms with Gasteiger partial charge in [-0.05, 0) is 48.9 Å². The second-order valence-corrected chi connectivity index (χ2v) is 8.39. The summed E-state index contributed by atoms with van der Waals surface area (Å²) in [5.41, 5.74) is 4.97. The molecule has 2 aromatic carbocycles. The number of nitrogens with one attached hydrogen (secondary N) is 3. The molecule has 0 radical (unpaired) electrons. The molecular formula is C28H26N6O3. The van der Waals surface area contributed by atoms with Crippen LogP contribution in [0.3, 0.4) is 0 Å². The molecule has 3 heterocycles. The largest absolute Gasteiger partial charge is 0.497 e. The molecule has 0 aliphatic carbocycles. The summed E-state index contributed by atoms with van der Waals surface area (Å²) in [4.78, 5) is 21.4. The predicted molar refractivity (Wildman–Crippen MR) is 143 cm³/mol. The predicted octanol–water partition coefficient (Wildman–Crippen LogP) is 5.21. The Balaban J connectivity index is 1.42. The lowest BCUT2D eigenvalue weighted by Gasteiger charge is -2.13. The average Bonchev–Trinajstić information content (AvgIpc) is 3.40. The summed E-state index contributed by atoms with van der Waals surface area (Å²) in [6.07, 6.45) is 3.43. The first-order valence-corrected chi connectivity index (χ1v) is 11.7. The molecule has 3 aromatic heterocycles. The minimum atomic E-state index is -0.229. The number of ether oxygens (including phenoxy) is 2. The highest BCUT2D eigenvalue weighted by atomic mass is 16.5. The molecule has 5 rings (SSSR count). The van der Waals surface area contributed by atoms with E-state index in [9.17, 15) is 4.79 Å². The van der Waals surface area contributed by atoms with Crippen LogP contribution in [0.1, 0.15) is 21.5 Å². The quantitative estimate of drug-likeness (QED) is 0.271. The molecule has 1 amide bonds. The molecule has 0 fully saturated rings. The zero-order valence-electron chi connectivity index (χ0n) is 20.7. The van der Waals surface area contributed by atoms with E-state index in [1.807, 2.05) is 43.3 Å². The number of carbonyl (C=O) groups is 1. The van der Waals surface area contributed by atoms with Crippen molar-refractivity contribution < 1.29 is 14.3 Å². The van der Waals surface area contributed by atoms with E-state index in [0.29, 0.717) is 23.7 Å². The van der Waals surface area contributed by atoms with Gasteiger partial charge in [-0.15, -0.1) is 0 Å².